The first-order chi connectivity index (χ1) is 13.7. The fourth-order valence-electron chi connectivity index (χ4n) is 3.38. The van der Waals surface area contributed by atoms with Crippen LogP contribution in [0.2, 0.25) is 5.02 Å². The molecule has 6 nitrogen and oxygen atoms in total. The Kier molecular flexibility index (Phi) is 5.48. The van der Waals surface area contributed by atoms with Gasteiger partial charge in [-0.3, -0.25) is 9.78 Å². The molecule has 4 rings (SSSR count). The molecular weight excluding hydrogens is 374 g/mol. The smallest absolute Gasteiger partial charge is 0.229 e. The lowest BCUT2D eigenvalue weighted by atomic mass is 9.97. The summed E-state index contributed by atoms with van der Waals surface area (Å²) in [5.41, 5.74) is 2.50. The minimum atomic E-state index is -0.102. The van der Waals surface area contributed by atoms with Crippen LogP contribution in [0.3, 0.4) is 0 Å². The first-order valence-corrected chi connectivity index (χ1v) is 9.62. The molecule has 1 amide bonds. The summed E-state index contributed by atoms with van der Waals surface area (Å²) in [6.07, 6.45) is 5.25. The number of halogens is 1. The summed E-state index contributed by atoms with van der Waals surface area (Å²) < 4.78 is 0. The molecule has 7 heteroatoms. The van der Waals surface area contributed by atoms with Crippen LogP contribution in [0.25, 0.3) is 11.3 Å². The van der Waals surface area contributed by atoms with Crippen molar-refractivity contribution in [3.63, 3.8) is 0 Å². The van der Waals surface area contributed by atoms with E-state index in [-0.39, 0.29) is 11.8 Å². The number of carbonyl (C=O) groups excluding carboxylic acids is 1. The number of aromatic nitrogens is 3. The van der Waals surface area contributed by atoms with Crippen LogP contribution in [0.5, 0.6) is 0 Å². The van der Waals surface area contributed by atoms with E-state index in [2.05, 4.69) is 25.4 Å². The van der Waals surface area contributed by atoms with Crippen LogP contribution in [-0.4, -0.2) is 34.2 Å². The third-order valence-electron chi connectivity index (χ3n) is 4.83. The van der Waals surface area contributed by atoms with Crippen molar-refractivity contribution in [1.82, 2.24) is 15.2 Å². The standard InChI is InChI=1S/C21H20ClN5O/c22-17-4-1-5-18(13-17)24-21(28)16-3-2-12-27(14-16)20-7-6-19(25-26-20)15-8-10-23-11-9-15/h1,4-11,13,16H,2-3,12,14H2,(H,24,28). The Bertz CT molecular complexity index is 949. The molecule has 2 aromatic heterocycles. The van der Waals surface area contributed by atoms with Gasteiger partial charge in [-0.25, -0.2) is 0 Å². The van der Waals surface area contributed by atoms with E-state index in [9.17, 15) is 4.79 Å². The summed E-state index contributed by atoms with van der Waals surface area (Å²) >= 11 is 6.00. The second-order valence-electron chi connectivity index (χ2n) is 6.80. The Hall–Kier alpha value is -2.99. The van der Waals surface area contributed by atoms with E-state index in [0.29, 0.717) is 11.6 Å². The number of pyridine rings is 1. The summed E-state index contributed by atoms with van der Waals surface area (Å²) in [6.45, 7) is 1.49. The molecule has 1 N–H and O–H groups in total. The van der Waals surface area contributed by atoms with Crippen LogP contribution in [0.4, 0.5) is 11.5 Å². The lowest BCUT2D eigenvalue weighted by Gasteiger charge is -2.32. The van der Waals surface area contributed by atoms with Gasteiger partial charge < -0.3 is 10.2 Å². The molecule has 0 spiro atoms. The van der Waals surface area contributed by atoms with E-state index in [0.717, 1.165) is 42.1 Å². The fourth-order valence-corrected chi connectivity index (χ4v) is 3.57. The highest BCUT2D eigenvalue weighted by atomic mass is 35.5. The average Bonchev–Trinajstić information content (AvgIpc) is 2.75. The van der Waals surface area contributed by atoms with Crippen molar-refractivity contribution in [2.75, 3.05) is 23.3 Å². The molecule has 0 radical (unpaired) electrons. The quantitative estimate of drug-likeness (QED) is 0.724. The Morgan fingerprint density at radius 3 is 2.71 bits per heavy atom. The van der Waals surface area contributed by atoms with Gasteiger partial charge in [0.25, 0.3) is 0 Å². The van der Waals surface area contributed by atoms with Crippen molar-refractivity contribution in [3.05, 3.63) is 65.9 Å². The summed E-state index contributed by atoms with van der Waals surface area (Å²) in [5.74, 6) is 0.695. The molecule has 3 aromatic rings. The molecular formula is C21H20ClN5O. The second kappa shape index (κ2) is 8.35. The van der Waals surface area contributed by atoms with Gasteiger partial charge in [0.15, 0.2) is 5.82 Å². The lowest BCUT2D eigenvalue weighted by molar-refractivity contribution is -0.120. The van der Waals surface area contributed by atoms with Crippen molar-refractivity contribution in [2.45, 2.75) is 12.8 Å². The van der Waals surface area contributed by atoms with E-state index in [1.807, 2.05) is 36.4 Å². The molecule has 1 saturated heterocycles. The van der Waals surface area contributed by atoms with Gasteiger partial charge in [-0.05, 0) is 55.3 Å². The zero-order chi connectivity index (χ0) is 19.3. The van der Waals surface area contributed by atoms with Gasteiger partial charge >= 0.3 is 0 Å². The predicted molar refractivity (Wildman–Crippen MR) is 110 cm³/mol. The van der Waals surface area contributed by atoms with E-state index in [1.54, 1.807) is 24.5 Å². The molecule has 1 aromatic carbocycles. The number of carbonyl (C=O) groups is 1. The minimum Gasteiger partial charge on any atom is -0.354 e. The predicted octanol–water partition coefficient (Wildman–Crippen LogP) is 4.05. The van der Waals surface area contributed by atoms with Crippen molar-refractivity contribution < 1.29 is 4.79 Å². The minimum absolute atomic E-state index is 0.00771. The number of piperidine rings is 1. The van der Waals surface area contributed by atoms with Crippen LogP contribution in [-0.2, 0) is 4.79 Å². The highest BCUT2D eigenvalue weighted by Gasteiger charge is 2.27. The van der Waals surface area contributed by atoms with E-state index >= 15 is 0 Å². The Morgan fingerprint density at radius 1 is 1.11 bits per heavy atom. The molecule has 1 aliphatic rings. The van der Waals surface area contributed by atoms with Crippen LogP contribution in [0, 0.1) is 5.92 Å². The molecule has 3 heterocycles. The van der Waals surface area contributed by atoms with Crippen molar-refractivity contribution in [1.29, 1.82) is 0 Å². The second-order valence-corrected chi connectivity index (χ2v) is 7.23. The maximum absolute atomic E-state index is 12.7. The molecule has 1 unspecified atom stereocenters. The Balaban J connectivity index is 1.42. The normalized spacial score (nSPS) is 16.6. The maximum atomic E-state index is 12.7. The first-order valence-electron chi connectivity index (χ1n) is 9.24. The number of benzene rings is 1. The number of nitrogens with zero attached hydrogens (tertiary/aromatic N) is 4. The van der Waals surface area contributed by atoms with Crippen molar-refractivity contribution >= 4 is 29.0 Å². The van der Waals surface area contributed by atoms with Gasteiger partial charge in [-0.1, -0.05) is 17.7 Å². The molecule has 1 aliphatic heterocycles. The number of nitrogens with one attached hydrogen (secondary N) is 1. The monoisotopic (exact) mass is 393 g/mol. The van der Waals surface area contributed by atoms with Gasteiger partial charge in [-0.2, -0.15) is 0 Å². The summed E-state index contributed by atoms with van der Waals surface area (Å²) in [5, 5.41) is 12.3. The van der Waals surface area contributed by atoms with Gasteiger partial charge in [0.1, 0.15) is 0 Å². The summed E-state index contributed by atoms with van der Waals surface area (Å²) in [6, 6.07) is 14.9. The molecule has 28 heavy (non-hydrogen) atoms. The average molecular weight is 394 g/mol. The topological polar surface area (TPSA) is 71.0 Å². The van der Waals surface area contributed by atoms with Crippen LogP contribution in [0.1, 0.15) is 12.8 Å². The molecule has 142 valence electrons. The molecule has 0 saturated carbocycles. The SMILES string of the molecule is O=C(Nc1cccc(Cl)c1)C1CCCN(c2ccc(-c3ccncc3)nn2)C1. The third-order valence-corrected chi connectivity index (χ3v) is 5.07. The van der Waals surface area contributed by atoms with Crippen LogP contribution in [0.15, 0.2) is 60.9 Å². The van der Waals surface area contributed by atoms with E-state index in [4.69, 9.17) is 11.6 Å². The van der Waals surface area contributed by atoms with Crippen molar-refractivity contribution in [2.24, 2.45) is 5.92 Å². The van der Waals surface area contributed by atoms with Crippen LogP contribution < -0.4 is 10.2 Å². The maximum Gasteiger partial charge on any atom is 0.229 e. The fraction of sp³-hybridized carbons (Fsp3) is 0.238. The molecule has 0 bridgehead atoms. The van der Waals surface area contributed by atoms with Gasteiger partial charge in [-0.15, -0.1) is 10.2 Å². The Labute approximate surface area is 168 Å². The van der Waals surface area contributed by atoms with E-state index in [1.165, 1.54) is 0 Å². The highest BCUT2D eigenvalue weighted by molar-refractivity contribution is 6.30. The first kappa shape index (κ1) is 18.4. The zero-order valence-electron chi connectivity index (χ0n) is 15.3. The highest BCUT2D eigenvalue weighted by Crippen LogP contribution is 2.24. The zero-order valence-corrected chi connectivity index (χ0v) is 16.0. The number of anilines is 2. The summed E-state index contributed by atoms with van der Waals surface area (Å²) in [4.78, 5) is 18.8. The lowest BCUT2D eigenvalue weighted by Crippen LogP contribution is -2.41. The number of hydrogen-bond acceptors (Lipinski definition) is 5. The summed E-state index contributed by atoms with van der Waals surface area (Å²) in [7, 11) is 0. The largest absolute Gasteiger partial charge is 0.354 e. The van der Waals surface area contributed by atoms with Crippen molar-refractivity contribution in [3.8, 4) is 11.3 Å². The Morgan fingerprint density at radius 2 is 1.96 bits per heavy atom. The van der Waals surface area contributed by atoms with Gasteiger partial charge in [0, 0.05) is 41.8 Å². The van der Waals surface area contributed by atoms with Crippen LogP contribution >= 0.6 is 11.6 Å². The van der Waals surface area contributed by atoms with Gasteiger partial charge in [0.2, 0.25) is 5.91 Å². The van der Waals surface area contributed by atoms with Gasteiger partial charge in [0.05, 0.1) is 11.6 Å². The molecule has 0 aliphatic carbocycles. The molecule has 1 atom stereocenters. The number of hydrogen-bond donors (Lipinski definition) is 1. The third kappa shape index (κ3) is 4.28. The molecule has 1 fully saturated rings. The van der Waals surface area contributed by atoms with E-state index < -0.39 is 0 Å². The number of rotatable bonds is 4. The number of amides is 1.